The van der Waals surface area contributed by atoms with E-state index in [1.165, 1.54) is 0 Å². The zero-order valence-corrected chi connectivity index (χ0v) is 20.1. The Labute approximate surface area is 201 Å². The minimum atomic E-state index is -0.270. The Morgan fingerprint density at radius 3 is 2.70 bits per heavy atom. The highest BCUT2D eigenvalue weighted by Gasteiger charge is 2.22. The van der Waals surface area contributed by atoms with E-state index in [0.717, 1.165) is 29.9 Å². The van der Waals surface area contributed by atoms with Gasteiger partial charge >= 0.3 is 0 Å². The standard InChI is InChI=1S/C25H26BrN5O2/c1-17-5-2-6-18(13-17)14-23(32)31-10-4-9-30(11-12-31)22-8-3-7-21(29-22)24(33)20-15-19(26)16-28-25(20)27/h2-3,5-8,13,15-16H,4,9-12,14H2,1H3,(H2,27,28). The average Bonchev–Trinajstić information content (AvgIpc) is 3.07. The zero-order valence-electron chi connectivity index (χ0n) is 18.5. The van der Waals surface area contributed by atoms with Crippen LogP contribution in [0, 0.1) is 6.92 Å². The Bertz CT molecular complexity index is 1180. The Kier molecular flexibility index (Phi) is 7.03. The Balaban J connectivity index is 1.44. The number of rotatable bonds is 5. The Hall–Kier alpha value is -3.26. The number of pyridine rings is 2. The molecule has 33 heavy (non-hydrogen) atoms. The lowest BCUT2D eigenvalue weighted by molar-refractivity contribution is -0.130. The monoisotopic (exact) mass is 507 g/mol. The van der Waals surface area contributed by atoms with Crippen LogP contribution < -0.4 is 10.6 Å². The number of carbonyl (C=O) groups excluding carboxylic acids is 2. The van der Waals surface area contributed by atoms with Gasteiger partial charge in [0.2, 0.25) is 11.7 Å². The molecule has 2 N–H and O–H groups in total. The van der Waals surface area contributed by atoms with E-state index in [1.807, 2.05) is 42.2 Å². The fourth-order valence-electron chi connectivity index (χ4n) is 4.00. The first-order chi connectivity index (χ1) is 15.9. The third-order valence-electron chi connectivity index (χ3n) is 5.71. The van der Waals surface area contributed by atoms with E-state index in [0.29, 0.717) is 41.8 Å². The number of nitrogens with two attached hydrogens (primary N) is 1. The average molecular weight is 508 g/mol. The lowest BCUT2D eigenvalue weighted by Gasteiger charge is -2.23. The van der Waals surface area contributed by atoms with Crippen molar-refractivity contribution in [1.82, 2.24) is 14.9 Å². The highest BCUT2D eigenvalue weighted by atomic mass is 79.9. The summed E-state index contributed by atoms with van der Waals surface area (Å²) in [6.45, 7) is 4.78. The number of amides is 1. The van der Waals surface area contributed by atoms with Crippen molar-refractivity contribution in [2.24, 2.45) is 0 Å². The largest absolute Gasteiger partial charge is 0.383 e. The van der Waals surface area contributed by atoms with Crippen molar-refractivity contribution < 1.29 is 9.59 Å². The molecule has 0 spiro atoms. The van der Waals surface area contributed by atoms with Crippen molar-refractivity contribution in [3.63, 3.8) is 0 Å². The topological polar surface area (TPSA) is 92.4 Å². The van der Waals surface area contributed by atoms with Gasteiger partial charge in [-0.2, -0.15) is 0 Å². The predicted octanol–water partition coefficient (Wildman–Crippen LogP) is 3.64. The van der Waals surface area contributed by atoms with Gasteiger partial charge in [-0.15, -0.1) is 0 Å². The highest BCUT2D eigenvalue weighted by Crippen LogP contribution is 2.21. The van der Waals surface area contributed by atoms with Crippen molar-refractivity contribution in [3.05, 3.63) is 81.6 Å². The lowest BCUT2D eigenvalue weighted by Crippen LogP contribution is -2.36. The lowest BCUT2D eigenvalue weighted by atomic mass is 10.1. The summed E-state index contributed by atoms with van der Waals surface area (Å²) in [5.74, 6) is 0.758. The van der Waals surface area contributed by atoms with Crippen molar-refractivity contribution in [3.8, 4) is 0 Å². The van der Waals surface area contributed by atoms with Gasteiger partial charge in [0.1, 0.15) is 17.3 Å². The fraction of sp³-hybridized carbons (Fsp3) is 0.280. The van der Waals surface area contributed by atoms with Gasteiger partial charge in [0.25, 0.3) is 0 Å². The molecule has 0 atom stereocenters. The number of benzene rings is 1. The first-order valence-corrected chi connectivity index (χ1v) is 11.7. The molecular weight excluding hydrogens is 482 g/mol. The summed E-state index contributed by atoms with van der Waals surface area (Å²) in [4.78, 5) is 38.5. The molecule has 8 heteroatoms. The van der Waals surface area contributed by atoms with Crippen LogP contribution in [0.15, 0.2) is 59.2 Å². The molecule has 1 aliphatic rings. The second-order valence-electron chi connectivity index (χ2n) is 8.18. The summed E-state index contributed by atoms with van der Waals surface area (Å²) in [5.41, 5.74) is 8.73. The van der Waals surface area contributed by atoms with Crippen LogP contribution >= 0.6 is 15.9 Å². The first kappa shape index (κ1) is 22.9. The molecule has 1 aliphatic heterocycles. The van der Waals surface area contributed by atoms with Crippen LogP contribution in [0.3, 0.4) is 0 Å². The van der Waals surface area contributed by atoms with Gasteiger partial charge in [-0.3, -0.25) is 9.59 Å². The predicted molar refractivity (Wildman–Crippen MR) is 132 cm³/mol. The number of nitrogen functional groups attached to an aromatic ring is 1. The van der Waals surface area contributed by atoms with E-state index in [9.17, 15) is 9.59 Å². The van der Waals surface area contributed by atoms with Crippen LogP contribution in [0.2, 0.25) is 0 Å². The van der Waals surface area contributed by atoms with Gasteiger partial charge in [0.15, 0.2) is 0 Å². The third-order valence-corrected chi connectivity index (χ3v) is 6.14. The van der Waals surface area contributed by atoms with Crippen LogP contribution in [0.5, 0.6) is 0 Å². The molecule has 7 nitrogen and oxygen atoms in total. The van der Waals surface area contributed by atoms with Crippen molar-refractivity contribution in [2.75, 3.05) is 36.8 Å². The summed E-state index contributed by atoms with van der Waals surface area (Å²) in [7, 11) is 0. The molecular formula is C25H26BrN5O2. The van der Waals surface area contributed by atoms with Crippen molar-refractivity contribution in [2.45, 2.75) is 19.8 Å². The minimum Gasteiger partial charge on any atom is -0.383 e. The maximum Gasteiger partial charge on any atom is 0.227 e. The van der Waals surface area contributed by atoms with E-state index in [2.05, 4.69) is 36.9 Å². The van der Waals surface area contributed by atoms with Crippen molar-refractivity contribution >= 4 is 39.3 Å². The van der Waals surface area contributed by atoms with Crippen LogP contribution in [0.4, 0.5) is 11.6 Å². The third kappa shape index (κ3) is 5.57. The number of carbonyl (C=O) groups is 2. The summed E-state index contributed by atoms with van der Waals surface area (Å²) < 4.78 is 0.680. The molecule has 0 unspecified atom stereocenters. The van der Waals surface area contributed by atoms with Gasteiger partial charge in [-0.1, -0.05) is 35.9 Å². The molecule has 2 aromatic heterocycles. The highest BCUT2D eigenvalue weighted by molar-refractivity contribution is 9.10. The van der Waals surface area contributed by atoms with Crippen molar-refractivity contribution in [1.29, 1.82) is 0 Å². The molecule has 1 saturated heterocycles. The molecule has 1 fully saturated rings. The van der Waals surface area contributed by atoms with Crippen LogP contribution in [-0.2, 0) is 11.2 Å². The van der Waals surface area contributed by atoms with Gasteiger partial charge in [0.05, 0.1) is 12.0 Å². The normalized spacial score (nSPS) is 14.1. The number of nitrogens with zero attached hydrogens (tertiary/aromatic N) is 4. The van der Waals surface area contributed by atoms with Gasteiger partial charge in [-0.05, 0) is 53.0 Å². The molecule has 0 bridgehead atoms. The number of ketones is 1. The molecule has 3 aromatic rings. The van der Waals surface area contributed by atoms with Crippen LogP contribution in [0.25, 0.3) is 0 Å². The summed E-state index contributed by atoms with van der Waals surface area (Å²) >= 11 is 3.33. The second-order valence-corrected chi connectivity index (χ2v) is 9.10. The second kappa shape index (κ2) is 10.1. The molecule has 3 heterocycles. The van der Waals surface area contributed by atoms with E-state index in [-0.39, 0.29) is 17.5 Å². The summed E-state index contributed by atoms with van der Waals surface area (Å²) in [6.07, 6.45) is 2.80. The molecule has 1 aromatic carbocycles. The number of aromatic nitrogens is 2. The Morgan fingerprint density at radius 1 is 1.06 bits per heavy atom. The van der Waals surface area contributed by atoms with Gasteiger partial charge in [-0.25, -0.2) is 9.97 Å². The molecule has 170 valence electrons. The van der Waals surface area contributed by atoms with Gasteiger partial charge < -0.3 is 15.5 Å². The van der Waals surface area contributed by atoms with E-state index < -0.39 is 0 Å². The number of anilines is 2. The number of hydrogen-bond acceptors (Lipinski definition) is 6. The van der Waals surface area contributed by atoms with Gasteiger partial charge in [0, 0.05) is 36.8 Å². The van der Waals surface area contributed by atoms with Crippen LogP contribution in [0.1, 0.15) is 33.6 Å². The number of hydrogen-bond donors (Lipinski definition) is 1. The number of halogens is 1. The smallest absolute Gasteiger partial charge is 0.227 e. The molecule has 1 amide bonds. The summed E-state index contributed by atoms with van der Waals surface area (Å²) in [6, 6.07) is 15.1. The summed E-state index contributed by atoms with van der Waals surface area (Å²) in [5, 5.41) is 0. The quantitative estimate of drug-likeness (QED) is 0.530. The minimum absolute atomic E-state index is 0.136. The van der Waals surface area contributed by atoms with E-state index in [4.69, 9.17) is 5.73 Å². The maximum atomic E-state index is 13.0. The van der Waals surface area contributed by atoms with Crippen LogP contribution in [-0.4, -0.2) is 52.7 Å². The fourth-order valence-corrected chi connectivity index (χ4v) is 4.33. The Morgan fingerprint density at radius 2 is 1.88 bits per heavy atom. The SMILES string of the molecule is Cc1cccc(CC(=O)N2CCCN(c3cccc(C(=O)c4cc(Br)cnc4N)n3)CC2)c1. The number of aryl methyl sites for hydroxylation is 1. The molecule has 0 aliphatic carbocycles. The van der Waals surface area contributed by atoms with E-state index in [1.54, 1.807) is 18.3 Å². The first-order valence-electron chi connectivity index (χ1n) is 10.9. The zero-order chi connectivity index (χ0) is 23.4. The molecule has 0 radical (unpaired) electrons. The maximum absolute atomic E-state index is 13.0. The molecule has 0 saturated carbocycles. The van der Waals surface area contributed by atoms with E-state index >= 15 is 0 Å². The molecule has 4 rings (SSSR count).